The monoisotopic (exact) mass is 703 g/mol. The Morgan fingerprint density at radius 2 is 1.78 bits per heavy atom. The number of carbonyl (C=O) groups is 4. The maximum absolute atomic E-state index is 16.0. The minimum Gasteiger partial charge on any atom is -0.492 e. The largest absolute Gasteiger partial charge is 0.492 e. The van der Waals surface area contributed by atoms with Gasteiger partial charge in [0.1, 0.15) is 35.6 Å². The lowest BCUT2D eigenvalue weighted by molar-refractivity contribution is -0.129. The van der Waals surface area contributed by atoms with Gasteiger partial charge in [0.05, 0.1) is 18.0 Å². The Labute approximate surface area is 289 Å². The van der Waals surface area contributed by atoms with Crippen LogP contribution in [0.4, 0.5) is 19.3 Å². The number of hydrogen-bond donors (Lipinski definition) is 4. The molecule has 2 atom stereocenters. The molecule has 50 heavy (non-hydrogen) atoms. The highest BCUT2D eigenvalue weighted by atomic mass is 19.1. The Hall–Kier alpha value is -4.69. The van der Waals surface area contributed by atoms with Gasteiger partial charge in [0.25, 0.3) is 0 Å². The Morgan fingerprint density at radius 1 is 1.10 bits per heavy atom. The summed E-state index contributed by atoms with van der Waals surface area (Å²) in [5.74, 6) is -3.47. The number of carboxylic acid groups (broad SMARTS) is 1. The number of amides is 3. The van der Waals surface area contributed by atoms with E-state index in [1.54, 1.807) is 30.2 Å². The Kier molecular flexibility index (Phi) is 11.8. The third kappa shape index (κ3) is 8.90. The van der Waals surface area contributed by atoms with Gasteiger partial charge in [-0.15, -0.1) is 0 Å². The number of aromatic carboxylic acids is 1. The van der Waals surface area contributed by atoms with Gasteiger partial charge in [-0.05, 0) is 77.4 Å². The molecular weight excluding hydrogens is 656 g/mol. The van der Waals surface area contributed by atoms with Crippen molar-refractivity contribution < 1.29 is 42.5 Å². The van der Waals surface area contributed by atoms with Crippen LogP contribution in [0.15, 0.2) is 28.3 Å². The molecule has 1 saturated heterocycles. The molecule has 3 amide bonds. The first-order chi connectivity index (χ1) is 23.4. The highest BCUT2D eigenvalue weighted by Crippen LogP contribution is 2.44. The number of anilines is 1. The molecule has 2 aromatic rings. The molecule has 1 aliphatic carbocycles. The number of hydrogen-bond acceptors (Lipinski definition) is 8. The number of fused-ring (bicyclic) bond motifs is 1. The number of carboxylic acids is 1. The van der Waals surface area contributed by atoms with Crippen LogP contribution in [0.25, 0.3) is 10.9 Å². The van der Waals surface area contributed by atoms with Crippen molar-refractivity contribution in [1.29, 1.82) is 0 Å². The van der Waals surface area contributed by atoms with Gasteiger partial charge in [-0.3, -0.25) is 14.4 Å². The second-order valence-electron chi connectivity index (χ2n) is 14.2. The molecule has 4 N–H and O–H groups in total. The van der Waals surface area contributed by atoms with Crippen molar-refractivity contribution in [3.05, 3.63) is 45.1 Å². The molecule has 13 nitrogen and oxygen atoms in total. The van der Waals surface area contributed by atoms with Crippen molar-refractivity contribution in [3.8, 4) is 5.75 Å². The zero-order chi connectivity index (χ0) is 37.1. The van der Waals surface area contributed by atoms with Crippen LogP contribution < -0.4 is 31.0 Å². The second-order valence-corrected chi connectivity index (χ2v) is 14.2. The van der Waals surface area contributed by atoms with E-state index in [9.17, 15) is 33.5 Å². The van der Waals surface area contributed by atoms with Crippen LogP contribution in [-0.2, 0) is 14.3 Å². The summed E-state index contributed by atoms with van der Waals surface area (Å²) < 4.78 is 43.1. The van der Waals surface area contributed by atoms with Gasteiger partial charge in [0.2, 0.25) is 17.2 Å². The number of nitrogens with one attached hydrogen (secondary N) is 3. The fraction of sp³-hybridized carbons (Fsp3) is 0.571. The van der Waals surface area contributed by atoms with Crippen LogP contribution in [0.3, 0.4) is 0 Å². The summed E-state index contributed by atoms with van der Waals surface area (Å²) in [4.78, 5) is 65.3. The van der Waals surface area contributed by atoms with Gasteiger partial charge >= 0.3 is 12.1 Å². The minimum absolute atomic E-state index is 0.0104. The predicted octanol–water partition coefficient (Wildman–Crippen LogP) is 4.57. The number of carbonyl (C=O) groups excluding carboxylic acids is 3. The first-order valence-electron chi connectivity index (χ1n) is 16.8. The number of halogens is 2. The predicted molar refractivity (Wildman–Crippen MR) is 183 cm³/mol. The van der Waals surface area contributed by atoms with Crippen LogP contribution in [0.1, 0.15) is 90.0 Å². The summed E-state index contributed by atoms with van der Waals surface area (Å²) >= 11 is 0. The molecule has 274 valence electrons. The number of benzene rings is 1. The fourth-order valence-electron chi connectivity index (χ4n) is 6.03. The molecule has 2 aliphatic rings. The molecular formula is C35H47F2N5O8. The number of pyridine rings is 1. The number of nitrogens with zero attached hydrogens (tertiary/aromatic N) is 2. The topological polar surface area (TPSA) is 168 Å². The third-order valence-corrected chi connectivity index (χ3v) is 8.48. The average Bonchev–Trinajstić information content (AvgIpc) is 3.87. The van der Waals surface area contributed by atoms with E-state index >= 15 is 4.39 Å². The van der Waals surface area contributed by atoms with E-state index in [4.69, 9.17) is 9.47 Å². The van der Waals surface area contributed by atoms with Crippen LogP contribution >= 0.6 is 0 Å². The molecule has 4 rings (SSSR count). The van der Waals surface area contributed by atoms with Crippen molar-refractivity contribution >= 4 is 40.5 Å². The fourth-order valence-corrected chi connectivity index (χ4v) is 6.03. The number of alkyl halides is 1. The first-order valence-corrected chi connectivity index (χ1v) is 16.8. The maximum atomic E-state index is 16.0. The van der Waals surface area contributed by atoms with Crippen molar-refractivity contribution in [2.24, 2.45) is 5.92 Å². The molecule has 1 aliphatic heterocycles. The van der Waals surface area contributed by atoms with Gasteiger partial charge in [-0.1, -0.05) is 13.8 Å². The van der Waals surface area contributed by atoms with E-state index in [1.165, 1.54) is 20.2 Å². The smallest absolute Gasteiger partial charge is 0.408 e. The van der Waals surface area contributed by atoms with E-state index in [-0.39, 0.29) is 53.0 Å². The lowest BCUT2D eigenvalue weighted by Crippen LogP contribution is -2.53. The van der Waals surface area contributed by atoms with Gasteiger partial charge in [-0.25, -0.2) is 18.4 Å². The summed E-state index contributed by atoms with van der Waals surface area (Å²) in [6.45, 7) is 9.56. The average molecular weight is 704 g/mol. The minimum atomic E-state index is -1.41. The molecule has 15 heteroatoms. The molecule has 1 aromatic heterocycles. The lowest BCUT2D eigenvalue weighted by atomic mass is 9.99. The molecule has 0 radical (unpaired) electrons. The SMILES string of the molecule is COc1c(N2CCCC(=C(CF)NC(=O)C(CC(C)C)NC(=O)[C@H](C)NC(=O)OC(C)(C)C)C2)c(F)cc2c(=O)c(C(=O)O)cn(C3CC3)c12. The van der Waals surface area contributed by atoms with Gasteiger partial charge < -0.3 is 40.0 Å². The van der Waals surface area contributed by atoms with Crippen molar-refractivity contribution in [2.75, 3.05) is 31.8 Å². The van der Waals surface area contributed by atoms with Crippen LogP contribution in [0.2, 0.25) is 0 Å². The van der Waals surface area contributed by atoms with Gasteiger partial charge in [0.15, 0.2) is 11.6 Å². The molecule has 2 heterocycles. The van der Waals surface area contributed by atoms with Crippen molar-refractivity contribution in [3.63, 3.8) is 0 Å². The number of rotatable bonds is 12. The molecule has 1 unspecified atom stereocenters. The Balaban J connectivity index is 1.61. The zero-order valence-electron chi connectivity index (χ0n) is 29.6. The van der Waals surface area contributed by atoms with E-state index in [0.29, 0.717) is 25.0 Å². The summed E-state index contributed by atoms with van der Waals surface area (Å²) in [6, 6.07) is -1.14. The molecule has 0 bridgehead atoms. The number of methoxy groups -OCH3 is 1. The first kappa shape index (κ1) is 38.1. The molecule has 2 fully saturated rings. The van der Waals surface area contributed by atoms with Crippen LogP contribution in [-0.4, -0.2) is 78.1 Å². The quantitative estimate of drug-likeness (QED) is 0.248. The van der Waals surface area contributed by atoms with Crippen molar-refractivity contribution in [2.45, 2.75) is 97.4 Å². The van der Waals surface area contributed by atoms with E-state index in [2.05, 4.69) is 16.0 Å². The summed E-state index contributed by atoms with van der Waals surface area (Å²) in [5.41, 5.74) is -1.26. The van der Waals surface area contributed by atoms with Gasteiger partial charge in [0, 0.05) is 31.0 Å². The third-order valence-electron chi connectivity index (χ3n) is 8.48. The van der Waals surface area contributed by atoms with E-state index < -0.39 is 65.0 Å². The zero-order valence-corrected chi connectivity index (χ0v) is 29.6. The molecule has 0 spiro atoms. The number of aromatic nitrogens is 1. The molecule has 1 saturated carbocycles. The number of alkyl carbamates (subject to hydrolysis) is 1. The summed E-state index contributed by atoms with van der Waals surface area (Å²) in [6.07, 6.45) is 3.08. The van der Waals surface area contributed by atoms with E-state index in [1.807, 2.05) is 13.8 Å². The van der Waals surface area contributed by atoms with Gasteiger partial charge in [-0.2, -0.15) is 0 Å². The summed E-state index contributed by atoms with van der Waals surface area (Å²) in [7, 11) is 1.34. The summed E-state index contributed by atoms with van der Waals surface area (Å²) in [5, 5.41) is 17.2. The Morgan fingerprint density at radius 3 is 2.34 bits per heavy atom. The van der Waals surface area contributed by atoms with E-state index in [0.717, 1.165) is 18.9 Å². The van der Waals surface area contributed by atoms with Crippen molar-refractivity contribution in [1.82, 2.24) is 20.5 Å². The highest BCUT2D eigenvalue weighted by molar-refractivity contribution is 5.97. The highest BCUT2D eigenvalue weighted by Gasteiger charge is 2.33. The number of ether oxygens (including phenoxy) is 2. The Bertz CT molecular complexity index is 1750. The van der Waals surface area contributed by atoms with Crippen LogP contribution in [0, 0.1) is 11.7 Å². The lowest BCUT2D eigenvalue weighted by Gasteiger charge is -2.34. The molecule has 1 aromatic carbocycles. The second kappa shape index (κ2) is 15.5. The maximum Gasteiger partial charge on any atom is 0.408 e. The number of piperidine rings is 1. The number of allylic oxidation sites excluding steroid dienone is 1. The normalized spacial score (nSPS) is 17.2. The standard InChI is InChI=1S/C35H47F2N5O8/c1-18(2)13-25(39-31(44)19(3)38-34(48)50-35(4,5)6)32(45)40-26(15-36)20-9-8-12-41(16-20)28-24(37)14-22-27(30(28)49-7)42(21-10-11-21)17-23(29(22)43)33(46)47/h14,17-19,21,25H,8-13,15-16H2,1-7H3,(H,38,48)(H,39,44)(H,40,45)(H,46,47)/t19-,25?/m0/s1. The van der Waals surface area contributed by atoms with Crippen LogP contribution in [0.5, 0.6) is 5.75 Å².